The van der Waals surface area contributed by atoms with Crippen molar-refractivity contribution in [2.75, 3.05) is 20.0 Å². The van der Waals surface area contributed by atoms with Gasteiger partial charge in [0.2, 0.25) is 12.1 Å². The fourth-order valence-electron chi connectivity index (χ4n) is 1.11. The smallest absolute Gasteiger partial charge is 0.311 e. The molecule has 0 aliphatic rings. The lowest BCUT2D eigenvalue weighted by Gasteiger charge is -2.12. The number of nitro groups is 1. The van der Waals surface area contributed by atoms with Crippen molar-refractivity contribution in [2.24, 2.45) is 0 Å². The van der Waals surface area contributed by atoms with Gasteiger partial charge >= 0.3 is 5.69 Å². The van der Waals surface area contributed by atoms with Gasteiger partial charge < -0.3 is 15.2 Å². The molecule has 0 amide bonds. The van der Waals surface area contributed by atoms with E-state index in [-0.39, 0.29) is 11.5 Å². The van der Waals surface area contributed by atoms with Gasteiger partial charge in [0, 0.05) is 20.3 Å². The Balaban J connectivity index is 3.05. The molecule has 15 heavy (non-hydrogen) atoms. The van der Waals surface area contributed by atoms with Gasteiger partial charge in [-0.25, -0.2) is 4.98 Å². The molecule has 0 bridgehead atoms. The van der Waals surface area contributed by atoms with Gasteiger partial charge in [-0.15, -0.1) is 0 Å². The summed E-state index contributed by atoms with van der Waals surface area (Å²) in [5, 5.41) is 10.5. The van der Waals surface area contributed by atoms with Crippen molar-refractivity contribution in [1.82, 2.24) is 4.98 Å². The predicted octanol–water partition coefficient (Wildman–Crippen LogP) is 0.863. The average molecular weight is 213 g/mol. The summed E-state index contributed by atoms with van der Waals surface area (Å²) in [6, 6.07) is 2.70. The lowest BCUT2D eigenvalue weighted by Crippen LogP contribution is -2.08. The molecule has 0 radical (unpaired) electrons. The number of anilines is 1. The number of hydrogen-bond donors (Lipinski definition) is 1. The van der Waals surface area contributed by atoms with Crippen molar-refractivity contribution in [1.29, 1.82) is 0 Å². The average Bonchev–Trinajstić information content (AvgIpc) is 2.19. The van der Waals surface area contributed by atoms with Crippen molar-refractivity contribution in [3.63, 3.8) is 0 Å². The van der Waals surface area contributed by atoms with Crippen molar-refractivity contribution < 1.29 is 14.4 Å². The van der Waals surface area contributed by atoms with Crippen LogP contribution < -0.4 is 5.73 Å². The number of aromatic nitrogens is 1. The molecule has 7 nitrogen and oxygen atoms in total. The maximum absolute atomic E-state index is 10.5. The number of ether oxygens (including phenoxy) is 2. The molecule has 0 spiro atoms. The van der Waals surface area contributed by atoms with Gasteiger partial charge in [-0.05, 0) is 6.07 Å². The number of methoxy groups -OCH3 is 2. The zero-order valence-corrected chi connectivity index (χ0v) is 8.34. The fraction of sp³-hybridized carbons (Fsp3) is 0.375. The minimum Gasteiger partial charge on any atom is -0.378 e. The molecule has 0 fully saturated rings. The first kappa shape index (κ1) is 11.3. The van der Waals surface area contributed by atoms with Crippen LogP contribution in [0, 0.1) is 10.1 Å². The molecule has 0 aromatic carbocycles. The Morgan fingerprint density at radius 1 is 1.47 bits per heavy atom. The lowest BCUT2D eigenvalue weighted by molar-refractivity contribution is -0.384. The Morgan fingerprint density at radius 3 is 2.47 bits per heavy atom. The van der Waals surface area contributed by atoms with E-state index in [0.29, 0.717) is 5.69 Å². The number of nitrogen functional groups attached to an aromatic ring is 1. The molecule has 0 unspecified atom stereocenters. The maximum Gasteiger partial charge on any atom is 0.311 e. The number of nitrogens with zero attached hydrogens (tertiary/aromatic N) is 2. The second-order valence-electron chi connectivity index (χ2n) is 2.70. The van der Waals surface area contributed by atoms with Gasteiger partial charge in [-0.2, -0.15) is 0 Å². The van der Waals surface area contributed by atoms with Gasteiger partial charge in [0.05, 0.1) is 10.6 Å². The minimum absolute atomic E-state index is 0.156. The molecule has 2 N–H and O–H groups in total. The van der Waals surface area contributed by atoms with Crippen molar-refractivity contribution in [3.05, 3.63) is 27.9 Å². The third-order valence-electron chi connectivity index (χ3n) is 1.79. The van der Waals surface area contributed by atoms with E-state index in [1.807, 2.05) is 0 Å². The van der Waals surface area contributed by atoms with Gasteiger partial charge in [-0.3, -0.25) is 10.1 Å². The molecule has 0 aliphatic carbocycles. The van der Waals surface area contributed by atoms with Crippen LogP contribution in [-0.2, 0) is 9.47 Å². The monoisotopic (exact) mass is 213 g/mol. The number of nitrogens with two attached hydrogens (primary N) is 1. The molecule has 82 valence electrons. The predicted molar refractivity (Wildman–Crippen MR) is 52.1 cm³/mol. The lowest BCUT2D eigenvalue weighted by atomic mass is 10.3. The van der Waals surface area contributed by atoms with E-state index in [0.717, 1.165) is 0 Å². The zero-order valence-electron chi connectivity index (χ0n) is 8.34. The zero-order chi connectivity index (χ0) is 11.4. The Labute approximate surface area is 86.0 Å². The van der Waals surface area contributed by atoms with E-state index < -0.39 is 11.2 Å². The Bertz CT molecular complexity index is 365. The maximum atomic E-state index is 10.5. The summed E-state index contributed by atoms with van der Waals surface area (Å²) in [7, 11) is 2.88. The molecule has 0 saturated carbocycles. The molecule has 1 heterocycles. The van der Waals surface area contributed by atoms with Crippen molar-refractivity contribution in [2.45, 2.75) is 6.29 Å². The van der Waals surface area contributed by atoms with E-state index in [1.54, 1.807) is 0 Å². The van der Waals surface area contributed by atoms with Crippen molar-refractivity contribution in [3.8, 4) is 0 Å². The highest BCUT2D eigenvalue weighted by Gasteiger charge is 2.17. The first-order chi connectivity index (χ1) is 7.10. The third kappa shape index (κ3) is 2.39. The topological polar surface area (TPSA) is 101 Å². The van der Waals surface area contributed by atoms with Crippen LogP contribution >= 0.6 is 0 Å². The van der Waals surface area contributed by atoms with Gasteiger partial charge in [0.1, 0.15) is 0 Å². The standard InChI is InChI=1S/C8H11N3O4/c1-14-8(15-2)5-3-4-6(11(12)13)7(9)10-5/h3-4,8H,1-2H3,(H2,9,10). The highest BCUT2D eigenvalue weighted by molar-refractivity contribution is 5.52. The van der Waals surface area contributed by atoms with Crippen LogP contribution in [0.5, 0.6) is 0 Å². The van der Waals surface area contributed by atoms with Crippen LogP contribution in [0.3, 0.4) is 0 Å². The molecular formula is C8H11N3O4. The Hall–Kier alpha value is -1.73. The summed E-state index contributed by atoms with van der Waals surface area (Å²) in [5.41, 5.74) is 5.57. The molecule has 1 rings (SSSR count). The van der Waals surface area contributed by atoms with Crippen molar-refractivity contribution >= 4 is 11.5 Å². The normalized spacial score (nSPS) is 10.6. The fourth-order valence-corrected chi connectivity index (χ4v) is 1.11. The van der Waals surface area contributed by atoms with E-state index in [4.69, 9.17) is 15.2 Å². The SMILES string of the molecule is COC(OC)c1ccc([N+](=O)[O-])c(N)n1. The molecule has 1 aromatic heterocycles. The largest absolute Gasteiger partial charge is 0.378 e. The first-order valence-corrected chi connectivity index (χ1v) is 4.06. The summed E-state index contributed by atoms with van der Waals surface area (Å²) in [6.07, 6.45) is -0.673. The highest BCUT2D eigenvalue weighted by Crippen LogP contribution is 2.23. The summed E-state index contributed by atoms with van der Waals surface area (Å²) < 4.78 is 9.86. The summed E-state index contributed by atoms with van der Waals surface area (Å²) >= 11 is 0. The number of hydrogen-bond acceptors (Lipinski definition) is 6. The van der Waals surface area contributed by atoms with Gasteiger partial charge in [0.15, 0.2) is 0 Å². The van der Waals surface area contributed by atoms with E-state index >= 15 is 0 Å². The second kappa shape index (κ2) is 4.67. The number of pyridine rings is 1. The third-order valence-corrected chi connectivity index (χ3v) is 1.79. The first-order valence-electron chi connectivity index (χ1n) is 4.06. The Kier molecular flexibility index (Phi) is 3.53. The quantitative estimate of drug-likeness (QED) is 0.452. The second-order valence-corrected chi connectivity index (χ2v) is 2.70. The summed E-state index contributed by atoms with van der Waals surface area (Å²) in [5.74, 6) is -0.156. The van der Waals surface area contributed by atoms with E-state index in [2.05, 4.69) is 4.98 Å². The van der Waals surface area contributed by atoms with E-state index in [9.17, 15) is 10.1 Å². The minimum atomic E-state index is -0.673. The summed E-state index contributed by atoms with van der Waals surface area (Å²) in [4.78, 5) is 13.7. The van der Waals surface area contributed by atoms with Gasteiger partial charge in [-0.1, -0.05) is 0 Å². The van der Waals surface area contributed by atoms with Crippen LogP contribution in [0.4, 0.5) is 11.5 Å². The molecule has 1 aromatic rings. The molecule has 0 aliphatic heterocycles. The molecule has 7 heteroatoms. The Morgan fingerprint density at radius 2 is 2.07 bits per heavy atom. The number of rotatable bonds is 4. The molecular weight excluding hydrogens is 202 g/mol. The van der Waals surface area contributed by atoms with Crippen LogP contribution in [0.15, 0.2) is 12.1 Å². The highest BCUT2D eigenvalue weighted by atomic mass is 16.7. The molecule has 0 atom stereocenters. The van der Waals surface area contributed by atoms with Crippen LogP contribution in [0.2, 0.25) is 0 Å². The molecule has 0 saturated heterocycles. The van der Waals surface area contributed by atoms with E-state index in [1.165, 1.54) is 26.4 Å². The summed E-state index contributed by atoms with van der Waals surface area (Å²) in [6.45, 7) is 0. The van der Waals surface area contributed by atoms with Crippen LogP contribution in [0.25, 0.3) is 0 Å². The van der Waals surface area contributed by atoms with Crippen LogP contribution in [-0.4, -0.2) is 24.1 Å². The van der Waals surface area contributed by atoms with Crippen LogP contribution in [0.1, 0.15) is 12.0 Å². The van der Waals surface area contributed by atoms with Gasteiger partial charge in [0.25, 0.3) is 0 Å².